The van der Waals surface area contributed by atoms with E-state index in [0.717, 1.165) is 32.1 Å². The van der Waals surface area contributed by atoms with Gasteiger partial charge in [-0.15, -0.1) is 0 Å². The highest BCUT2D eigenvalue weighted by molar-refractivity contribution is 5.80. The Kier molecular flexibility index (Phi) is 7.49. The van der Waals surface area contributed by atoms with E-state index in [2.05, 4.69) is 6.92 Å². The molecule has 17 heavy (non-hydrogen) atoms. The topological polar surface area (TPSA) is 74.6 Å². The van der Waals surface area contributed by atoms with Gasteiger partial charge in [0.2, 0.25) is 0 Å². The summed E-state index contributed by atoms with van der Waals surface area (Å²) in [6.07, 6.45) is 5.07. The second-order valence-corrected chi connectivity index (χ2v) is 4.64. The van der Waals surface area contributed by atoms with Crippen molar-refractivity contribution < 1.29 is 19.8 Å². The normalized spacial score (nSPS) is 28.2. The van der Waals surface area contributed by atoms with Gasteiger partial charge in [-0.1, -0.05) is 26.2 Å². The predicted molar refractivity (Wildman–Crippen MR) is 64.9 cm³/mol. The number of hydrogen-bond donors (Lipinski definition) is 2. The number of hydrogen-bond acceptors (Lipinski definition) is 2. The second-order valence-electron chi connectivity index (χ2n) is 4.64. The minimum absolute atomic E-state index is 0. The van der Waals surface area contributed by atoms with E-state index >= 15 is 0 Å². The lowest BCUT2D eigenvalue weighted by Gasteiger charge is -2.33. The maximum Gasteiger partial charge on any atom is 0.307 e. The molecule has 1 aliphatic carbocycles. The van der Waals surface area contributed by atoms with Gasteiger partial charge in [0.15, 0.2) is 0 Å². The Balaban J connectivity index is 0.00000256. The van der Waals surface area contributed by atoms with Crippen LogP contribution in [0.1, 0.15) is 45.4 Å². The molecule has 1 rings (SSSR count). The van der Waals surface area contributed by atoms with Gasteiger partial charge in [-0.3, -0.25) is 9.59 Å². The van der Waals surface area contributed by atoms with Gasteiger partial charge in [0.25, 0.3) is 0 Å². The molecule has 95 valence electrons. The number of carboxylic acids is 2. The van der Waals surface area contributed by atoms with Gasteiger partial charge in [-0.25, -0.2) is 0 Å². The lowest BCUT2D eigenvalue weighted by atomic mass is 9.70. The third kappa shape index (κ3) is 4.33. The Morgan fingerprint density at radius 3 is 2.29 bits per heavy atom. The van der Waals surface area contributed by atoms with Crippen molar-refractivity contribution in [1.29, 1.82) is 0 Å². The van der Waals surface area contributed by atoms with Crippen molar-refractivity contribution in [3.63, 3.8) is 0 Å². The maximum absolute atomic E-state index is 11.2. The van der Waals surface area contributed by atoms with Crippen LogP contribution in [0.5, 0.6) is 0 Å². The van der Waals surface area contributed by atoms with Crippen LogP contribution in [0.4, 0.5) is 0 Å². The van der Waals surface area contributed by atoms with Crippen molar-refractivity contribution in [1.82, 2.24) is 0 Å². The van der Waals surface area contributed by atoms with E-state index in [0.29, 0.717) is 6.42 Å². The molecule has 3 radical (unpaired) electrons. The van der Waals surface area contributed by atoms with Gasteiger partial charge in [0.05, 0.1) is 11.8 Å². The number of aliphatic carboxylic acids is 2. The minimum Gasteiger partial charge on any atom is -0.481 e. The Morgan fingerprint density at radius 1 is 1.18 bits per heavy atom. The largest absolute Gasteiger partial charge is 0.481 e. The maximum atomic E-state index is 11.2. The fourth-order valence-electron chi connectivity index (χ4n) is 2.73. The quantitative estimate of drug-likeness (QED) is 0.737. The molecule has 0 aliphatic heterocycles. The van der Waals surface area contributed by atoms with Gasteiger partial charge < -0.3 is 10.2 Å². The monoisotopic (exact) mass is 255 g/mol. The third-order valence-corrected chi connectivity index (χ3v) is 3.56. The van der Waals surface area contributed by atoms with E-state index in [1.165, 1.54) is 0 Å². The average molecular weight is 255 g/mol. The summed E-state index contributed by atoms with van der Waals surface area (Å²) in [7, 11) is 0. The van der Waals surface area contributed by atoms with Crippen LogP contribution >= 0.6 is 0 Å². The van der Waals surface area contributed by atoms with Crippen LogP contribution in [0.25, 0.3) is 0 Å². The zero-order valence-corrected chi connectivity index (χ0v) is 11.4. The van der Waals surface area contributed by atoms with Crippen molar-refractivity contribution in [2.24, 2.45) is 17.8 Å². The Hall–Kier alpha value is -0.528. The van der Waals surface area contributed by atoms with Crippen LogP contribution in [0, 0.1) is 17.8 Å². The third-order valence-electron chi connectivity index (χ3n) is 3.56. The summed E-state index contributed by atoms with van der Waals surface area (Å²) < 4.78 is 0. The lowest BCUT2D eigenvalue weighted by molar-refractivity contribution is -0.158. The molecule has 0 spiro atoms. The van der Waals surface area contributed by atoms with Crippen molar-refractivity contribution in [2.45, 2.75) is 45.4 Å². The number of carboxylic acid groups (broad SMARTS) is 2. The first-order chi connectivity index (χ1) is 7.57. The average Bonchev–Trinajstić information content (AvgIpc) is 2.25. The molecule has 1 aliphatic rings. The molecule has 2 N–H and O–H groups in total. The summed E-state index contributed by atoms with van der Waals surface area (Å²) in [5.41, 5.74) is 0. The first kappa shape index (κ1) is 16.5. The number of carbonyl (C=O) groups is 2. The van der Waals surface area contributed by atoms with Crippen LogP contribution in [-0.2, 0) is 9.59 Å². The zero-order valence-electron chi connectivity index (χ0n) is 10.3. The van der Waals surface area contributed by atoms with E-state index in [-0.39, 0.29) is 23.3 Å². The van der Waals surface area contributed by atoms with Gasteiger partial charge in [0, 0.05) is 17.4 Å². The van der Waals surface area contributed by atoms with Crippen molar-refractivity contribution in [2.75, 3.05) is 0 Å². The molecular formula is C12H20AlO4. The van der Waals surface area contributed by atoms with Gasteiger partial charge in [0.1, 0.15) is 0 Å². The van der Waals surface area contributed by atoms with Crippen LogP contribution in [0.2, 0.25) is 0 Å². The van der Waals surface area contributed by atoms with Crippen LogP contribution in [-0.4, -0.2) is 39.5 Å². The highest BCUT2D eigenvalue weighted by Gasteiger charge is 2.41. The Labute approximate surface area is 113 Å². The van der Waals surface area contributed by atoms with Crippen molar-refractivity contribution >= 4 is 29.3 Å². The second kappa shape index (κ2) is 7.73. The standard InChI is InChI=1S/C12H20O4.Al/c1-2-3-5-8-6-4-7-9(11(13)14)10(8)12(15)16;/h8-10H,2-7H2,1H3,(H,13,14)(H,15,16);. The van der Waals surface area contributed by atoms with Crippen LogP contribution < -0.4 is 0 Å². The summed E-state index contributed by atoms with van der Waals surface area (Å²) in [5, 5.41) is 18.2. The molecule has 0 aromatic carbocycles. The summed E-state index contributed by atoms with van der Waals surface area (Å²) in [6, 6.07) is 0. The van der Waals surface area contributed by atoms with Gasteiger partial charge in [-0.05, 0) is 25.2 Å². The fraction of sp³-hybridized carbons (Fsp3) is 0.833. The SMILES string of the molecule is CCCCC1CCCC(C(=O)O)C1C(=O)O.[Al]. The molecule has 0 heterocycles. The van der Waals surface area contributed by atoms with Gasteiger partial charge >= 0.3 is 11.9 Å². The van der Waals surface area contributed by atoms with Crippen LogP contribution in [0.3, 0.4) is 0 Å². The molecule has 0 bridgehead atoms. The molecule has 0 amide bonds. The van der Waals surface area contributed by atoms with Crippen molar-refractivity contribution in [3.8, 4) is 0 Å². The molecular weight excluding hydrogens is 235 g/mol. The highest BCUT2D eigenvalue weighted by Crippen LogP contribution is 2.38. The minimum atomic E-state index is -0.950. The van der Waals surface area contributed by atoms with Gasteiger partial charge in [-0.2, -0.15) is 0 Å². The summed E-state index contributed by atoms with van der Waals surface area (Å²) in [5.74, 6) is -3.21. The summed E-state index contributed by atoms with van der Waals surface area (Å²) >= 11 is 0. The molecule has 3 unspecified atom stereocenters. The van der Waals surface area contributed by atoms with Crippen molar-refractivity contribution in [3.05, 3.63) is 0 Å². The highest BCUT2D eigenvalue weighted by atomic mass is 27.0. The van der Waals surface area contributed by atoms with E-state index in [1.54, 1.807) is 0 Å². The summed E-state index contributed by atoms with van der Waals surface area (Å²) in [6.45, 7) is 2.06. The smallest absolute Gasteiger partial charge is 0.307 e. The van der Waals surface area contributed by atoms with E-state index in [1.807, 2.05) is 0 Å². The number of unbranched alkanes of at least 4 members (excludes halogenated alkanes) is 1. The summed E-state index contributed by atoms with van der Waals surface area (Å²) in [4.78, 5) is 22.2. The van der Waals surface area contributed by atoms with E-state index < -0.39 is 23.8 Å². The molecule has 3 atom stereocenters. The molecule has 1 saturated carbocycles. The zero-order chi connectivity index (χ0) is 12.1. The molecule has 0 aromatic heterocycles. The first-order valence-corrected chi connectivity index (χ1v) is 6.03. The Bertz CT molecular complexity index is 267. The fourth-order valence-corrected chi connectivity index (χ4v) is 2.73. The predicted octanol–water partition coefficient (Wildman–Crippen LogP) is 2.00. The number of rotatable bonds is 5. The molecule has 5 heteroatoms. The molecule has 1 fully saturated rings. The molecule has 0 saturated heterocycles. The van der Waals surface area contributed by atoms with E-state index in [9.17, 15) is 9.59 Å². The Morgan fingerprint density at radius 2 is 1.82 bits per heavy atom. The first-order valence-electron chi connectivity index (χ1n) is 6.03. The van der Waals surface area contributed by atoms with E-state index in [4.69, 9.17) is 10.2 Å². The molecule has 0 aromatic rings. The lowest BCUT2D eigenvalue weighted by Crippen LogP contribution is -2.38. The molecule has 4 nitrogen and oxygen atoms in total. The van der Waals surface area contributed by atoms with Crippen LogP contribution in [0.15, 0.2) is 0 Å².